The Morgan fingerprint density at radius 1 is 1.09 bits per heavy atom. The number of benzene rings is 2. The van der Waals surface area contributed by atoms with Crippen LogP contribution in [0.2, 0.25) is 0 Å². The second-order valence-electron chi connectivity index (χ2n) is 8.22. The lowest BCUT2D eigenvalue weighted by molar-refractivity contribution is -0.136. The molecular weight excluding hydrogens is 452 g/mol. The third kappa shape index (κ3) is 3.84. The van der Waals surface area contributed by atoms with Crippen LogP contribution in [0.3, 0.4) is 0 Å². The average molecular weight is 476 g/mol. The molecular formula is C26H24N2O7. The van der Waals surface area contributed by atoms with Crippen LogP contribution in [0.4, 0.5) is 0 Å². The van der Waals surface area contributed by atoms with Crippen LogP contribution >= 0.6 is 0 Å². The Balaban J connectivity index is 1.67. The summed E-state index contributed by atoms with van der Waals surface area (Å²) >= 11 is 0. The minimum Gasteiger partial charge on any atom is -0.497 e. The zero-order valence-electron chi connectivity index (χ0n) is 19.5. The molecule has 1 atom stereocenters. The molecule has 2 aliphatic heterocycles. The van der Waals surface area contributed by atoms with Crippen molar-refractivity contribution >= 4 is 5.97 Å². The van der Waals surface area contributed by atoms with E-state index >= 15 is 0 Å². The third-order valence-electron chi connectivity index (χ3n) is 6.18. The fourth-order valence-electron chi connectivity index (χ4n) is 4.47. The lowest BCUT2D eigenvalue weighted by Gasteiger charge is -2.29. The minimum absolute atomic E-state index is 0.0591. The first-order chi connectivity index (χ1) is 16.9. The van der Waals surface area contributed by atoms with E-state index in [0.29, 0.717) is 39.8 Å². The van der Waals surface area contributed by atoms with Crippen LogP contribution in [0, 0.1) is 6.92 Å². The van der Waals surface area contributed by atoms with Gasteiger partial charge in [-0.25, -0.2) is 4.79 Å². The number of nitrogens with zero attached hydrogens (tertiary/aromatic N) is 1. The largest absolute Gasteiger partial charge is 0.497 e. The van der Waals surface area contributed by atoms with E-state index in [1.807, 2.05) is 25.1 Å². The van der Waals surface area contributed by atoms with Gasteiger partial charge in [-0.15, -0.1) is 0 Å². The SMILES string of the molecule is COC(=O)C1=C(N)Oc2cc(C)n(Cc3ccc4c(c3)OCO4)c(=O)c2C1c1cccc(OC)c1. The van der Waals surface area contributed by atoms with Crippen LogP contribution < -0.4 is 30.2 Å². The number of fused-ring (bicyclic) bond motifs is 2. The van der Waals surface area contributed by atoms with E-state index in [1.54, 1.807) is 42.0 Å². The van der Waals surface area contributed by atoms with Crippen molar-refractivity contribution in [3.63, 3.8) is 0 Å². The summed E-state index contributed by atoms with van der Waals surface area (Å²) in [5, 5.41) is 0. The number of methoxy groups -OCH3 is 2. The van der Waals surface area contributed by atoms with Gasteiger partial charge in [0.25, 0.3) is 5.56 Å². The minimum atomic E-state index is -0.808. The number of carbonyl (C=O) groups is 1. The summed E-state index contributed by atoms with van der Waals surface area (Å²) in [7, 11) is 2.80. The van der Waals surface area contributed by atoms with Gasteiger partial charge in [0.05, 0.1) is 32.2 Å². The second-order valence-corrected chi connectivity index (χ2v) is 8.22. The summed E-state index contributed by atoms with van der Waals surface area (Å²) < 4.78 is 28.6. The highest BCUT2D eigenvalue weighted by Gasteiger charge is 2.38. The maximum absolute atomic E-state index is 14.0. The summed E-state index contributed by atoms with van der Waals surface area (Å²) in [6, 6.07) is 14.4. The van der Waals surface area contributed by atoms with Gasteiger partial charge in [0.15, 0.2) is 11.5 Å². The molecule has 0 bridgehead atoms. The van der Waals surface area contributed by atoms with Gasteiger partial charge in [0.1, 0.15) is 17.1 Å². The number of aromatic nitrogens is 1. The molecule has 3 heterocycles. The fraction of sp³-hybridized carbons (Fsp3) is 0.231. The Morgan fingerprint density at radius 3 is 2.66 bits per heavy atom. The number of ether oxygens (including phenoxy) is 5. The van der Waals surface area contributed by atoms with Crippen molar-refractivity contribution < 1.29 is 28.5 Å². The van der Waals surface area contributed by atoms with E-state index in [0.717, 1.165) is 5.56 Å². The molecule has 0 aliphatic carbocycles. The summed E-state index contributed by atoms with van der Waals surface area (Å²) in [6.07, 6.45) is 0. The van der Waals surface area contributed by atoms with Gasteiger partial charge in [-0.2, -0.15) is 0 Å². The Kier molecular flexibility index (Phi) is 5.60. The quantitative estimate of drug-likeness (QED) is 0.560. The highest BCUT2D eigenvalue weighted by molar-refractivity contribution is 5.92. The van der Waals surface area contributed by atoms with Crippen molar-refractivity contribution in [2.75, 3.05) is 21.0 Å². The molecule has 2 aliphatic rings. The van der Waals surface area contributed by atoms with Gasteiger partial charge in [-0.1, -0.05) is 18.2 Å². The molecule has 2 N–H and O–H groups in total. The van der Waals surface area contributed by atoms with Crippen molar-refractivity contribution in [2.45, 2.75) is 19.4 Å². The lowest BCUT2D eigenvalue weighted by atomic mass is 9.83. The first-order valence-electron chi connectivity index (χ1n) is 10.9. The number of nitrogens with two attached hydrogens (primary N) is 1. The van der Waals surface area contributed by atoms with Gasteiger partial charge < -0.3 is 34.0 Å². The number of esters is 1. The molecule has 0 radical (unpaired) electrons. The number of hydrogen-bond acceptors (Lipinski definition) is 8. The topological polar surface area (TPSA) is 111 Å². The number of hydrogen-bond donors (Lipinski definition) is 1. The Labute approximate surface area is 201 Å². The standard InChI is InChI=1S/C26H24N2O7/c1-14-9-20-22(25(29)28(14)12-15-7-8-18-19(10-15)34-13-33-18)21(16-5-4-6-17(11-16)31-2)23(24(27)35-20)26(30)32-3/h4-11,21H,12-13,27H2,1-3H3. The van der Waals surface area contributed by atoms with E-state index in [1.165, 1.54) is 7.11 Å². The molecule has 9 heteroatoms. The van der Waals surface area contributed by atoms with Crippen molar-refractivity contribution in [1.29, 1.82) is 0 Å². The summed E-state index contributed by atoms with van der Waals surface area (Å²) in [5.74, 6) is 0.578. The maximum atomic E-state index is 14.0. The van der Waals surface area contributed by atoms with Crippen molar-refractivity contribution in [1.82, 2.24) is 4.57 Å². The van der Waals surface area contributed by atoms with Crippen LogP contribution in [0.5, 0.6) is 23.0 Å². The molecule has 1 aromatic heterocycles. The molecule has 0 amide bonds. The van der Waals surface area contributed by atoms with Gasteiger partial charge in [-0.05, 0) is 42.3 Å². The van der Waals surface area contributed by atoms with Gasteiger partial charge in [0, 0.05) is 11.8 Å². The summed E-state index contributed by atoms with van der Waals surface area (Å²) in [6.45, 7) is 2.26. The normalized spacial score (nSPS) is 15.9. The van der Waals surface area contributed by atoms with Crippen LogP contribution in [0.25, 0.3) is 0 Å². The van der Waals surface area contributed by atoms with Gasteiger partial charge >= 0.3 is 5.97 Å². The molecule has 0 saturated carbocycles. The van der Waals surface area contributed by atoms with E-state index in [2.05, 4.69) is 0 Å². The number of aryl methyl sites for hydroxylation is 1. The molecule has 0 saturated heterocycles. The Morgan fingerprint density at radius 2 is 1.89 bits per heavy atom. The van der Waals surface area contributed by atoms with Crippen LogP contribution in [0.1, 0.15) is 28.3 Å². The molecule has 0 spiro atoms. The number of rotatable bonds is 5. The number of pyridine rings is 1. The highest BCUT2D eigenvalue weighted by Crippen LogP contribution is 2.42. The molecule has 2 aromatic carbocycles. The molecule has 0 fully saturated rings. The van der Waals surface area contributed by atoms with E-state index < -0.39 is 11.9 Å². The first kappa shape index (κ1) is 22.4. The fourth-order valence-corrected chi connectivity index (χ4v) is 4.47. The number of carbonyl (C=O) groups excluding carboxylic acids is 1. The first-order valence-corrected chi connectivity index (χ1v) is 10.9. The predicted octanol–water partition coefficient (Wildman–Crippen LogP) is 2.81. The summed E-state index contributed by atoms with van der Waals surface area (Å²) in [5.41, 5.74) is 8.39. The van der Waals surface area contributed by atoms with E-state index in [9.17, 15) is 9.59 Å². The molecule has 9 nitrogen and oxygen atoms in total. The molecule has 1 unspecified atom stereocenters. The van der Waals surface area contributed by atoms with E-state index in [4.69, 9.17) is 29.4 Å². The van der Waals surface area contributed by atoms with Gasteiger partial charge in [-0.3, -0.25) is 4.79 Å². The third-order valence-corrected chi connectivity index (χ3v) is 6.18. The van der Waals surface area contributed by atoms with Gasteiger partial charge in [0.2, 0.25) is 12.7 Å². The predicted molar refractivity (Wildman–Crippen MR) is 126 cm³/mol. The van der Waals surface area contributed by atoms with Crippen LogP contribution in [-0.2, 0) is 16.1 Å². The van der Waals surface area contributed by atoms with E-state index in [-0.39, 0.29) is 30.4 Å². The smallest absolute Gasteiger partial charge is 0.340 e. The zero-order valence-corrected chi connectivity index (χ0v) is 19.5. The zero-order chi connectivity index (χ0) is 24.7. The molecule has 3 aromatic rings. The van der Waals surface area contributed by atoms with Crippen LogP contribution in [0.15, 0.2) is 64.8 Å². The summed E-state index contributed by atoms with van der Waals surface area (Å²) in [4.78, 5) is 26.7. The Hall–Kier alpha value is -4.40. The molecule has 35 heavy (non-hydrogen) atoms. The van der Waals surface area contributed by atoms with Crippen molar-refractivity contribution in [3.8, 4) is 23.0 Å². The lowest BCUT2D eigenvalue weighted by Crippen LogP contribution is -2.35. The average Bonchev–Trinajstić information content (AvgIpc) is 3.33. The molecule has 180 valence electrons. The second kappa shape index (κ2) is 8.75. The molecule has 5 rings (SSSR count). The van der Waals surface area contributed by atoms with Crippen molar-refractivity contribution in [2.24, 2.45) is 5.73 Å². The monoisotopic (exact) mass is 476 g/mol. The van der Waals surface area contributed by atoms with Crippen LogP contribution in [-0.4, -0.2) is 31.5 Å². The maximum Gasteiger partial charge on any atom is 0.340 e. The van der Waals surface area contributed by atoms with Crippen molar-refractivity contribution in [3.05, 3.63) is 92.7 Å². The highest BCUT2D eigenvalue weighted by atomic mass is 16.7. The Bertz CT molecular complexity index is 1420.